The predicted molar refractivity (Wildman–Crippen MR) is 299 cm³/mol. The van der Waals surface area contributed by atoms with Gasteiger partial charge in [-0.2, -0.15) is 0 Å². The van der Waals surface area contributed by atoms with Crippen molar-refractivity contribution >= 4 is 64.1 Å². The van der Waals surface area contributed by atoms with Crippen LogP contribution >= 0.6 is 22.9 Å². The van der Waals surface area contributed by atoms with Crippen molar-refractivity contribution in [2.24, 2.45) is 22.0 Å². The van der Waals surface area contributed by atoms with Gasteiger partial charge in [0, 0.05) is 66.8 Å². The number of nitrogens with two attached hydrogens (primary N) is 2. The molecule has 8 rings (SSSR count). The number of aryl methyl sites for hydroxylation is 2. The first-order valence-electron chi connectivity index (χ1n) is 26.0. The molecule has 6 atom stereocenters. The van der Waals surface area contributed by atoms with Gasteiger partial charge in [0.15, 0.2) is 5.82 Å². The van der Waals surface area contributed by atoms with Gasteiger partial charge in [0.1, 0.15) is 41.0 Å². The van der Waals surface area contributed by atoms with Gasteiger partial charge < -0.3 is 51.7 Å². The number of thiophene rings is 1. The third-order valence-electron chi connectivity index (χ3n) is 14.2. The van der Waals surface area contributed by atoms with E-state index in [1.807, 2.05) is 92.1 Å². The summed E-state index contributed by atoms with van der Waals surface area (Å²) in [6.45, 7) is 9.93. The van der Waals surface area contributed by atoms with Crippen LogP contribution in [0.5, 0.6) is 0 Å². The number of aliphatic imine (C=N–C) groups is 1. The van der Waals surface area contributed by atoms with E-state index in [1.165, 1.54) is 23.0 Å². The monoisotopic (exact) mass is 1120 g/mol. The molecule has 3 aliphatic heterocycles. The number of hydrazine groups is 1. The highest BCUT2D eigenvalue weighted by Gasteiger charge is 2.46. The van der Waals surface area contributed by atoms with Gasteiger partial charge in [-0.05, 0) is 60.6 Å². The van der Waals surface area contributed by atoms with E-state index < -0.39 is 83.7 Å². The number of nitrogens with zero attached hydrogens (tertiary/aromatic N) is 7. The van der Waals surface area contributed by atoms with Crippen LogP contribution in [0, 0.1) is 26.2 Å². The maximum atomic E-state index is 14.5. The largest absolute Gasteiger partial charge is 0.399 e. The molecule has 1 fully saturated rings. The number of hydrogen-bond donors (Lipinski definition) is 7. The molecule has 21 nitrogen and oxygen atoms in total. The lowest BCUT2D eigenvalue weighted by atomic mass is 9.85. The molecular formula is C56H68ClN13O8S. The fourth-order valence-corrected chi connectivity index (χ4v) is 11.3. The number of aliphatic hydroxyl groups is 1. The molecule has 0 spiro atoms. The Balaban J connectivity index is 1.06. The number of aliphatic hydroxyl groups excluding tert-OH is 1. The fourth-order valence-electron chi connectivity index (χ4n) is 10.0. The van der Waals surface area contributed by atoms with Crippen LogP contribution in [0.3, 0.4) is 0 Å². The Kier molecular flexibility index (Phi) is 18.0. The topological polar surface area (TPSA) is 285 Å². The maximum Gasteiger partial charge on any atom is 0.248 e. The van der Waals surface area contributed by atoms with Crippen LogP contribution in [0.1, 0.15) is 78.4 Å². The minimum absolute atomic E-state index is 0.0294. The van der Waals surface area contributed by atoms with Crippen LogP contribution in [0.15, 0.2) is 95.8 Å². The van der Waals surface area contributed by atoms with E-state index in [9.17, 15) is 33.9 Å². The highest BCUT2D eigenvalue weighted by molar-refractivity contribution is 7.15. The van der Waals surface area contributed by atoms with Gasteiger partial charge in [-0.1, -0.05) is 99.1 Å². The Morgan fingerprint density at radius 3 is 2.25 bits per heavy atom. The summed E-state index contributed by atoms with van der Waals surface area (Å²) in [6, 6.07) is 18.7. The van der Waals surface area contributed by atoms with Crippen molar-refractivity contribution in [2.45, 2.75) is 97.1 Å². The van der Waals surface area contributed by atoms with Gasteiger partial charge in [0.05, 0.1) is 43.7 Å². The molecule has 5 heterocycles. The highest BCUT2D eigenvalue weighted by atomic mass is 35.5. The molecule has 3 aromatic carbocycles. The number of ether oxygens (including phenoxy) is 1. The molecule has 1 saturated heterocycles. The van der Waals surface area contributed by atoms with Crippen molar-refractivity contribution in [3.63, 3.8) is 0 Å². The molecule has 9 N–H and O–H groups in total. The average molecular weight is 1120 g/mol. The molecule has 3 aliphatic rings. The average Bonchev–Trinajstić information content (AvgIpc) is 4.22. The third-order valence-corrected chi connectivity index (χ3v) is 15.6. The molecule has 0 unspecified atom stereocenters. The second-order valence-corrected chi connectivity index (χ2v) is 22.8. The number of halogens is 1. The summed E-state index contributed by atoms with van der Waals surface area (Å²) in [5.41, 5.74) is 11.6. The number of likely N-dealkylation sites (N-methyl/N-ethyl adjacent to an activating group) is 1. The molecular weight excluding hydrogens is 1050 g/mol. The van der Waals surface area contributed by atoms with Crippen LogP contribution in [0.4, 0.5) is 0 Å². The van der Waals surface area contributed by atoms with Gasteiger partial charge in [0.25, 0.3) is 0 Å². The summed E-state index contributed by atoms with van der Waals surface area (Å²) >= 11 is 7.89. The Bertz CT molecular complexity index is 3140. The number of carbonyl (C=O) groups is 6. The normalized spacial score (nSPS) is 22.1. The molecule has 0 saturated carbocycles. The highest BCUT2D eigenvalue weighted by Crippen LogP contribution is 2.40. The maximum absolute atomic E-state index is 14.5. The Morgan fingerprint density at radius 2 is 1.56 bits per heavy atom. The fraction of sp³-hybridized carbons (Fsp3) is 0.411. The Hall–Kier alpha value is -7.50. The number of amides is 6. The molecule has 418 valence electrons. The number of nitrogens with one attached hydrogen (secondary N) is 4. The van der Waals surface area contributed by atoms with E-state index in [0.717, 1.165) is 42.7 Å². The first-order chi connectivity index (χ1) is 37.6. The summed E-state index contributed by atoms with van der Waals surface area (Å²) in [6.07, 6.45) is -0.0546. The SMILES string of the molecule is Cc1sc2c(c1C)C(c1ccc(Cl)cc1)=N[C@@H](CC(=O)N(C)C[C@H]1NC(=O)CNC(=O)[C@@H](Cc3ccc(-c4ccccc4)cc3)NC(=O)[C@@H]3C[C@@H](O)CN3C(=O)[C@H](C(C)(C)C)N(N)C=C(N)COCCNC1=O)c1nnc(C)n1-2. The van der Waals surface area contributed by atoms with Crippen LogP contribution in [-0.2, 0) is 39.9 Å². The van der Waals surface area contributed by atoms with Crippen LogP contribution in [0.2, 0.25) is 5.02 Å². The number of fused-ring (bicyclic) bond motifs is 4. The summed E-state index contributed by atoms with van der Waals surface area (Å²) in [7, 11) is 1.51. The van der Waals surface area contributed by atoms with Crippen LogP contribution in [-0.4, -0.2) is 153 Å². The van der Waals surface area contributed by atoms with Crippen LogP contribution in [0.25, 0.3) is 16.1 Å². The van der Waals surface area contributed by atoms with Crippen molar-refractivity contribution in [3.8, 4) is 16.1 Å². The third kappa shape index (κ3) is 13.5. The van der Waals surface area contributed by atoms with E-state index in [1.54, 1.807) is 44.2 Å². The number of benzene rings is 3. The quantitative estimate of drug-likeness (QED) is 0.110. The van der Waals surface area contributed by atoms with E-state index in [4.69, 9.17) is 32.9 Å². The first-order valence-corrected chi connectivity index (χ1v) is 27.2. The van der Waals surface area contributed by atoms with Gasteiger partial charge in [-0.25, -0.2) is 5.84 Å². The van der Waals surface area contributed by atoms with Crippen molar-refractivity contribution < 1.29 is 38.6 Å². The van der Waals surface area contributed by atoms with Gasteiger partial charge >= 0.3 is 0 Å². The number of hydrogen-bond acceptors (Lipinski definition) is 15. The smallest absolute Gasteiger partial charge is 0.248 e. The number of rotatable bonds is 8. The van der Waals surface area contributed by atoms with E-state index in [-0.39, 0.29) is 57.8 Å². The molecule has 6 amide bonds. The lowest BCUT2D eigenvalue weighted by molar-refractivity contribution is -0.145. The minimum Gasteiger partial charge on any atom is -0.399 e. The van der Waals surface area contributed by atoms with Crippen molar-refractivity contribution in [2.75, 3.05) is 46.4 Å². The van der Waals surface area contributed by atoms with Gasteiger partial charge in [0.2, 0.25) is 35.4 Å². The van der Waals surface area contributed by atoms with Crippen molar-refractivity contribution in [3.05, 3.63) is 135 Å². The Labute approximate surface area is 467 Å². The molecule has 79 heavy (non-hydrogen) atoms. The lowest BCUT2D eigenvalue weighted by Gasteiger charge is -2.39. The molecule has 23 heteroatoms. The summed E-state index contributed by atoms with van der Waals surface area (Å²) in [4.78, 5) is 94.6. The zero-order chi connectivity index (χ0) is 56.9. The van der Waals surface area contributed by atoms with Crippen molar-refractivity contribution in [1.29, 1.82) is 0 Å². The van der Waals surface area contributed by atoms with Gasteiger partial charge in [-0.15, -0.1) is 21.5 Å². The molecule has 5 aromatic rings. The first kappa shape index (κ1) is 57.7. The summed E-state index contributed by atoms with van der Waals surface area (Å²) in [5.74, 6) is 3.74. The van der Waals surface area contributed by atoms with Gasteiger partial charge in [-0.3, -0.25) is 38.3 Å². The zero-order valence-electron chi connectivity index (χ0n) is 45.3. The summed E-state index contributed by atoms with van der Waals surface area (Å²) < 4.78 is 7.69. The molecule has 2 aromatic heterocycles. The second-order valence-electron chi connectivity index (χ2n) is 21.2. The Morgan fingerprint density at radius 1 is 0.886 bits per heavy atom. The van der Waals surface area contributed by atoms with Crippen molar-refractivity contribution in [1.82, 2.24) is 50.8 Å². The second kappa shape index (κ2) is 24.7. The minimum atomic E-state index is -1.34. The predicted octanol–water partition coefficient (Wildman–Crippen LogP) is 3.14. The number of carbonyl (C=O) groups excluding carboxylic acids is 6. The molecule has 0 aliphatic carbocycles. The zero-order valence-corrected chi connectivity index (χ0v) is 46.9. The van der Waals surface area contributed by atoms with E-state index >= 15 is 0 Å². The number of aromatic nitrogens is 3. The molecule has 0 radical (unpaired) electrons. The lowest BCUT2D eigenvalue weighted by Crippen LogP contribution is -2.60. The summed E-state index contributed by atoms with van der Waals surface area (Å²) in [5, 5.41) is 33.3. The standard InChI is InChI=1S/C56H68ClN13O8S/c1-31-32(2)79-55-47(31)48(37-17-19-38(57)20-18-37)63-41(50-66-65-33(3)70(50)55)25-46(73)67(7)29-43-52(75)60-21-22-78-30-39(58)27-69(59)49(56(4,5)6)54(77)68-28-40(71)24-44(68)53(76)64-42(51(74)61-26-45(72)62-43)23-34-13-15-36(16-14-34)35-11-9-8-10-12-35/h8-20,27,40-44,49,71H,21-26,28-30,58-59H2,1-7H3,(H,60,75)(H,61,74)(H,62,72)(H,64,76)/t40-,41+,42-,43-,44+,49-/m1/s1. The van der Waals surface area contributed by atoms with Crippen LogP contribution < -0.4 is 32.8 Å². The molecule has 0 bridgehead atoms. The van der Waals surface area contributed by atoms with E-state index in [2.05, 4.69) is 31.5 Å². The van der Waals surface area contributed by atoms with E-state index in [0.29, 0.717) is 27.9 Å².